The molecule has 2 heteroatoms. The van der Waals surface area contributed by atoms with E-state index >= 15 is 0 Å². The van der Waals surface area contributed by atoms with E-state index in [-0.39, 0.29) is 12.1 Å². The Morgan fingerprint density at radius 2 is 2.18 bits per heavy atom. The first kappa shape index (κ1) is 10.7. The van der Waals surface area contributed by atoms with E-state index in [2.05, 4.69) is 18.8 Å². The van der Waals surface area contributed by atoms with Gasteiger partial charge in [-0.1, -0.05) is 19.1 Å². The molecule has 0 aromatic heterocycles. The fourth-order valence-electron chi connectivity index (χ4n) is 0.657. The summed E-state index contributed by atoms with van der Waals surface area (Å²) < 4.78 is 0. The lowest BCUT2D eigenvalue weighted by molar-refractivity contribution is 0.173. The molecule has 0 fully saturated rings. The topological polar surface area (TPSA) is 32.3 Å². The predicted octanol–water partition coefficient (Wildman–Crippen LogP) is 1.31. The summed E-state index contributed by atoms with van der Waals surface area (Å²) >= 11 is 0. The van der Waals surface area contributed by atoms with Crippen molar-refractivity contribution in [3.63, 3.8) is 0 Å². The average Bonchev–Trinajstić information content (AvgIpc) is 2.00. The molecule has 66 valence electrons. The summed E-state index contributed by atoms with van der Waals surface area (Å²) in [7, 11) is 0. The summed E-state index contributed by atoms with van der Waals surface area (Å²) in [6, 6.07) is 0. The molecule has 0 spiro atoms. The van der Waals surface area contributed by atoms with E-state index in [9.17, 15) is 0 Å². The van der Waals surface area contributed by atoms with Gasteiger partial charge in [0, 0.05) is 12.1 Å². The Labute approximate surface area is 69.3 Å². The van der Waals surface area contributed by atoms with Crippen LogP contribution in [0, 0.1) is 0 Å². The molecule has 0 heterocycles. The summed E-state index contributed by atoms with van der Waals surface area (Å²) in [6.07, 6.45) is 0.927. The highest BCUT2D eigenvalue weighted by Gasteiger charge is 2.18. The summed E-state index contributed by atoms with van der Waals surface area (Å²) in [4.78, 5) is 0. The standard InChI is InChI=1S/C9H19NO/c1-5-9(4,7-11)10-6-8(2)3/h10-11H,2,5-7H2,1,3-4H3. The molecule has 0 amide bonds. The molecular weight excluding hydrogens is 138 g/mol. The van der Waals surface area contributed by atoms with E-state index in [1.54, 1.807) is 0 Å². The number of hydrogen-bond acceptors (Lipinski definition) is 2. The van der Waals surface area contributed by atoms with Crippen molar-refractivity contribution in [3.05, 3.63) is 12.2 Å². The van der Waals surface area contributed by atoms with Crippen LogP contribution in [0.2, 0.25) is 0 Å². The van der Waals surface area contributed by atoms with Gasteiger partial charge in [-0.2, -0.15) is 0 Å². The Hall–Kier alpha value is -0.340. The van der Waals surface area contributed by atoms with Crippen LogP contribution < -0.4 is 5.32 Å². The fourth-order valence-corrected chi connectivity index (χ4v) is 0.657. The summed E-state index contributed by atoms with van der Waals surface area (Å²) in [5.74, 6) is 0. The van der Waals surface area contributed by atoms with Crippen molar-refractivity contribution in [2.24, 2.45) is 0 Å². The lowest BCUT2D eigenvalue weighted by Crippen LogP contribution is -2.45. The lowest BCUT2D eigenvalue weighted by atomic mass is 10.00. The molecule has 0 aliphatic carbocycles. The van der Waals surface area contributed by atoms with Gasteiger partial charge in [-0.15, -0.1) is 0 Å². The monoisotopic (exact) mass is 157 g/mol. The maximum Gasteiger partial charge on any atom is 0.0610 e. The fraction of sp³-hybridized carbons (Fsp3) is 0.778. The van der Waals surface area contributed by atoms with Crippen LogP contribution in [-0.4, -0.2) is 23.8 Å². The zero-order valence-electron chi connectivity index (χ0n) is 7.78. The molecule has 2 N–H and O–H groups in total. The molecule has 1 atom stereocenters. The number of aliphatic hydroxyl groups is 1. The van der Waals surface area contributed by atoms with Gasteiger partial charge < -0.3 is 10.4 Å². The lowest BCUT2D eigenvalue weighted by Gasteiger charge is -2.27. The highest BCUT2D eigenvalue weighted by atomic mass is 16.3. The molecule has 0 rings (SSSR count). The van der Waals surface area contributed by atoms with Crippen LogP contribution in [0.3, 0.4) is 0 Å². The molecule has 1 unspecified atom stereocenters. The van der Waals surface area contributed by atoms with Gasteiger partial charge in [-0.05, 0) is 20.3 Å². The van der Waals surface area contributed by atoms with Gasteiger partial charge >= 0.3 is 0 Å². The van der Waals surface area contributed by atoms with Crippen molar-refractivity contribution < 1.29 is 5.11 Å². The Morgan fingerprint density at radius 3 is 2.45 bits per heavy atom. The van der Waals surface area contributed by atoms with Crippen molar-refractivity contribution in [1.29, 1.82) is 0 Å². The second kappa shape index (κ2) is 4.52. The third-order valence-corrected chi connectivity index (χ3v) is 1.95. The van der Waals surface area contributed by atoms with E-state index in [1.807, 2.05) is 13.8 Å². The van der Waals surface area contributed by atoms with Crippen LogP contribution in [0.4, 0.5) is 0 Å². The van der Waals surface area contributed by atoms with Crippen LogP contribution in [0.25, 0.3) is 0 Å². The van der Waals surface area contributed by atoms with Gasteiger partial charge in [0.15, 0.2) is 0 Å². The molecule has 0 radical (unpaired) electrons. The molecule has 0 aromatic rings. The average molecular weight is 157 g/mol. The van der Waals surface area contributed by atoms with Gasteiger partial charge in [0.2, 0.25) is 0 Å². The first-order valence-corrected chi connectivity index (χ1v) is 4.04. The van der Waals surface area contributed by atoms with Gasteiger partial charge in [0.05, 0.1) is 6.61 Å². The van der Waals surface area contributed by atoms with Crippen molar-refractivity contribution in [2.45, 2.75) is 32.7 Å². The first-order chi connectivity index (χ1) is 5.04. The first-order valence-electron chi connectivity index (χ1n) is 4.04. The summed E-state index contributed by atoms with van der Waals surface area (Å²) in [5.41, 5.74) is 0.956. The maximum absolute atomic E-state index is 9.01. The second-order valence-corrected chi connectivity index (χ2v) is 3.38. The molecular formula is C9H19NO. The molecule has 11 heavy (non-hydrogen) atoms. The molecule has 0 aliphatic heterocycles. The molecule has 0 saturated heterocycles. The zero-order chi connectivity index (χ0) is 8.91. The Balaban J connectivity index is 3.78. The number of aliphatic hydroxyl groups excluding tert-OH is 1. The second-order valence-electron chi connectivity index (χ2n) is 3.38. The van der Waals surface area contributed by atoms with Crippen LogP contribution in [0.5, 0.6) is 0 Å². The number of nitrogens with one attached hydrogen (secondary N) is 1. The number of hydrogen-bond donors (Lipinski definition) is 2. The van der Waals surface area contributed by atoms with Crippen LogP contribution in [0.15, 0.2) is 12.2 Å². The molecule has 2 nitrogen and oxygen atoms in total. The van der Waals surface area contributed by atoms with Gasteiger partial charge in [0.25, 0.3) is 0 Å². The van der Waals surface area contributed by atoms with Crippen molar-refractivity contribution >= 4 is 0 Å². The largest absolute Gasteiger partial charge is 0.394 e. The van der Waals surface area contributed by atoms with Crippen LogP contribution in [-0.2, 0) is 0 Å². The summed E-state index contributed by atoms with van der Waals surface area (Å²) in [5, 5.41) is 12.3. The zero-order valence-corrected chi connectivity index (χ0v) is 7.78. The minimum atomic E-state index is -0.140. The quantitative estimate of drug-likeness (QED) is 0.590. The highest BCUT2D eigenvalue weighted by Crippen LogP contribution is 2.07. The van der Waals surface area contributed by atoms with E-state index in [0.29, 0.717) is 0 Å². The van der Waals surface area contributed by atoms with Gasteiger partial charge in [0.1, 0.15) is 0 Å². The minimum Gasteiger partial charge on any atom is -0.394 e. The van der Waals surface area contributed by atoms with E-state index in [0.717, 1.165) is 18.5 Å². The van der Waals surface area contributed by atoms with Crippen molar-refractivity contribution in [3.8, 4) is 0 Å². The van der Waals surface area contributed by atoms with E-state index in [1.165, 1.54) is 0 Å². The predicted molar refractivity (Wildman–Crippen MR) is 48.6 cm³/mol. The number of rotatable bonds is 5. The maximum atomic E-state index is 9.01. The van der Waals surface area contributed by atoms with Gasteiger partial charge in [-0.3, -0.25) is 0 Å². The highest BCUT2D eigenvalue weighted by molar-refractivity contribution is 4.94. The Morgan fingerprint density at radius 1 is 1.64 bits per heavy atom. The Bertz CT molecular complexity index is 128. The van der Waals surface area contributed by atoms with Crippen molar-refractivity contribution in [2.75, 3.05) is 13.2 Å². The smallest absolute Gasteiger partial charge is 0.0610 e. The molecule has 0 aliphatic rings. The van der Waals surface area contributed by atoms with Crippen LogP contribution >= 0.6 is 0 Å². The summed E-state index contributed by atoms with van der Waals surface area (Å²) in [6.45, 7) is 10.8. The third kappa shape index (κ3) is 4.17. The SMILES string of the molecule is C=C(C)CNC(C)(CC)CO. The third-order valence-electron chi connectivity index (χ3n) is 1.95. The normalized spacial score (nSPS) is 16.0. The van der Waals surface area contributed by atoms with Crippen molar-refractivity contribution in [1.82, 2.24) is 5.32 Å². The molecule has 0 aromatic carbocycles. The van der Waals surface area contributed by atoms with E-state index in [4.69, 9.17) is 5.11 Å². The Kier molecular flexibility index (Phi) is 4.38. The van der Waals surface area contributed by atoms with Crippen LogP contribution in [0.1, 0.15) is 27.2 Å². The van der Waals surface area contributed by atoms with Gasteiger partial charge in [-0.25, -0.2) is 0 Å². The molecule has 0 saturated carbocycles. The minimum absolute atomic E-state index is 0.140. The van der Waals surface area contributed by atoms with E-state index < -0.39 is 0 Å². The molecule has 0 bridgehead atoms.